The molecule has 0 unspecified atom stereocenters. The fraction of sp³-hybridized carbons (Fsp3) is 0.111. The molecule has 0 bridgehead atoms. The van der Waals surface area contributed by atoms with E-state index in [0.29, 0.717) is 22.1 Å². The highest BCUT2D eigenvalue weighted by Crippen LogP contribution is 2.40. The molecule has 10 heteroatoms. The van der Waals surface area contributed by atoms with Gasteiger partial charge in [0.25, 0.3) is 0 Å². The van der Waals surface area contributed by atoms with Gasteiger partial charge < -0.3 is 10.3 Å². The number of pyridine rings is 1. The maximum Gasteiger partial charge on any atom is 0.416 e. The summed E-state index contributed by atoms with van der Waals surface area (Å²) in [6.07, 6.45) is -3.37. The van der Waals surface area contributed by atoms with Gasteiger partial charge in [-0.05, 0) is 59.7 Å². The van der Waals surface area contributed by atoms with Crippen molar-refractivity contribution in [3.63, 3.8) is 0 Å². The van der Waals surface area contributed by atoms with Gasteiger partial charge in [0, 0.05) is 12.6 Å². The molecule has 1 atom stereocenters. The van der Waals surface area contributed by atoms with Crippen molar-refractivity contribution in [2.24, 2.45) is 0 Å². The van der Waals surface area contributed by atoms with Crippen LogP contribution in [-0.4, -0.2) is 15.0 Å². The lowest BCUT2D eigenvalue weighted by atomic mass is 9.80. The molecule has 2 N–H and O–H groups in total. The second kappa shape index (κ2) is 9.48. The van der Waals surface area contributed by atoms with E-state index in [2.05, 4.69) is 20.3 Å². The minimum absolute atomic E-state index is 0.0369. The summed E-state index contributed by atoms with van der Waals surface area (Å²) in [7, 11) is 0. The van der Waals surface area contributed by atoms with E-state index in [-0.39, 0.29) is 23.6 Å². The molecule has 0 aliphatic carbocycles. The summed E-state index contributed by atoms with van der Waals surface area (Å²) in [6.45, 7) is 0. The number of hydrogen-bond acceptors (Lipinski definition) is 3. The van der Waals surface area contributed by atoms with E-state index in [4.69, 9.17) is 11.6 Å². The number of aromatic amines is 1. The number of hydrogen-bond donors (Lipinski definition) is 2. The monoisotopic (exact) mass is 528 g/mol. The van der Waals surface area contributed by atoms with E-state index >= 15 is 0 Å². The Labute approximate surface area is 213 Å². The summed E-state index contributed by atoms with van der Waals surface area (Å²) in [5.41, 5.74) is -0.932. The fourth-order valence-corrected chi connectivity index (χ4v) is 4.41. The lowest BCUT2D eigenvalue weighted by molar-refractivity contribution is -0.137. The van der Waals surface area contributed by atoms with Crippen molar-refractivity contribution < 1.29 is 22.0 Å². The van der Waals surface area contributed by atoms with Crippen LogP contribution >= 0.6 is 11.6 Å². The normalized spacial score (nSPS) is 13.5. The first-order valence-corrected chi connectivity index (χ1v) is 11.5. The number of halogens is 6. The number of anilines is 1. The Morgan fingerprint density at radius 3 is 2.30 bits per heavy atom. The van der Waals surface area contributed by atoms with E-state index < -0.39 is 28.9 Å². The molecule has 0 aliphatic heterocycles. The number of rotatable bonds is 6. The second-order valence-electron chi connectivity index (χ2n) is 8.53. The van der Waals surface area contributed by atoms with Crippen molar-refractivity contribution in [3.05, 3.63) is 124 Å². The van der Waals surface area contributed by atoms with E-state index in [1.807, 2.05) is 0 Å². The van der Waals surface area contributed by atoms with Crippen LogP contribution in [0.15, 0.2) is 85.1 Å². The smallest absolute Gasteiger partial charge is 0.340 e. The maximum atomic E-state index is 14.7. The van der Waals surface area contributed by atoms with Gasteiger partial charge in [-0.2, -0.15) is 13.2 Å². The van der Waals surface area contributed by atoms with E-state index in [0.717, 1.165) is 17.7 Å². The third-order valence-electron chi connectivity index (χ3n) is 5.97. The summed E-state index contributed by atoms with van der Waals surface area (Å²) in [5.74, 6) is -1.42. The summed E-state index contributed by atoms with van der Waals surface area (Å²) >= 11 is 6.06. The average molecular weight is 529 g/mol. The van der Waals surface area contributed by atoms with Crippen molar-refractivity contribution >= 4 is 28.6 Å². The molecule has 2 aromatic heterocycles. The Bertz CT molecular complexity index is 1550. The molecule has 0 radical (unpaired) electrons. The molecule has 188 valence electrons. The number of imidazole rings is 1. The number of H-pyrrole nitrogens is 1. The number of alkyl halides is 3. The zero-order chi connectivity index (χ0) is 26.2. The molecule has 0 fully saturated rings. The second-order valence-corrected chi connectivity index (χ2v) is 8.96. The lowest BCUT2D eigenvalue weighted by Crippen LogP contribution is -2.40. The minimum Gasteiger partial charge on any atom is -0.340 e. The Kier molecular flexibility index (Phi) is 6.33. The van der Waals surface area contributed by atoms with Crippen LogP contribution in [0, 0.1) is 11.6 Å². The molecule has 0 saturated carbocycles. The van der Waals surface area contributed by atoms with Crippen LogP contribution in [0.5, 0.6) is 0 Å². The molecule has 5 aromatic rings. The van der Waals surface area contributed by atoms with Gasteiger partial charge >= 0.3 is 6.18 Å². The third-order valence-corrected chi connectivity index (χ3v) is 6.19. The van der Waals surface area contributed by atoms with Crippen molar-refractivity contribution in [3.8, 4) is 0 Å². The van der Waals surface area contributed by atoms with Crippen LogP contribution in [0.25, 0.3) is 11.0 Å². The van der Waals surface area contributed by atoms with Gasteiger partial charge in [-0.3, -0.25) is 4.98 Å². The van der Waals surface area contributed by atoms with E-state index in [1.54, 1.807) is 42.5 Å². The molecule has 3 aromatic carbocycles. The highest BCUT2D eigenvalue weighted by molar-refractivity contribution is 6.30. The lowest BCUT2D eigenvalue weighted by Gasteiger charge is -2.35. The number of fused-ring (bicyclic) bond motifs is 1. The van der Waals surface area contributed by atoms with Crippen molar-refractivity contribution in [1.29, 1.82) is 0 Å². The Morgan fingerprint density at radius 1 is 0.838 bits per heavy atom. The first-order chi connectivity index (χ1) is 17.6. The van der Waals surface area contributed by atoms with Gasteiger partial charge in [-0.15, -0.1) is 0 Å². The summed E-state index contributed by atoms with van der Waals surface area (Å²) in [4.78, 5) is 11.8. The Hall–Kier alpha value is -3.98. The van der Waals surface area contributed by atoms with Gasteiger partial charge in [0.2, 0.25) is 5.95 Å². The van der Waals surface area contributed by atoms with Gasteiger partial charge in [0.1, 0.15) is 17.2 Å². The highest BCUT2D eigenvalue weighted by Gasteiger charge is 2.40. The summed E-state index contributed by atoms with van der Waals surface area (Å²) < 4.78 is 69.8. The molecule has 0 aliphatic rings. The molecular weight excluding hydrogens is 511 g/mol. The van der Waals surface area contributed by atoms with Crippen LogP contribution in [0.1, 0.15) is 22.4 Å². The topological polar surface area (TPSA) is 53.6 Å². The van der Waals surface area contributed by atoms with Gasteiger partial charge in [0.05, 0.1) is 27.3 Å². The molecule has 4 nitrogen and oxygen atoms in total. The van der Waals surface area contributed by atoms with Crippen molar-refractivity contribution in [1.82, 2.24) is 15.0 Å². The Morgan fingerprint density at radius 2 is 1.59 bits per heavy atom. The fourth-order valence-electron chi connectivity index (χ4n) is 4.29. The SMILES string of the molecule is Fc1cc(C(F)(F)F)cc([C@](Cc2ccccc2)(Nc2nc3ccc(F)cc3[nH]2)c2ccc(Cl)cn2)c1. The standard InChI is InChI=1S/C27H18ClF5N4/c28-19-6-9-24(34-15-19)26(14-16-4-2-1-3-5-16,17-10-18(27(31,32)33)12-21(30)11-17)37-25-35-22-8-7-20(29)13-23(22)36-25/h1-13,15H,14H2,(H2,35,36,37)/t26-/m0/s1. The van der Waals surface area contributed by atoms with Crippen molar-refractivity contribution in [2.75, 3.05) is 5.32 Å². The highest BCUT2D eigenvalue weighted by atomic mass is 35.5. The molecule has 0 amide bonds. The average Bonchev–Trinajstić information content (AvgIpc) is 3.25. The molecule has 37 heavy (non-hydrogen) atoms. The van der Waals surface area contributed by atoms with E-state index in [9.17, 15) is 22.0 Å². The van der Waals surface area contributed by atoms with Crippen molar-refractivity contribution in [2.45, 2.75) is 18.1 Å². The van der Waals surface area contributed by atoms with Crippen LogP contribution in [0.3, 0.4) is 0 Å². The molecule has 2 heterocycles. The summed E-state index contributed by atoms with van der Waals surface area (Å²) in [5, 5.41) is 3.49. The first kappa shape index (κ1) is 24.7. The molecular formula is C27H18ClF5N4. The van der Waals surface area contributed by atoms with Gasteiger partial charge in [-0.1, -0.05) is 41.9 Å². The van der Waals surface area contributed by atoms with Gasteiger partial charge in [-0.25, -0.2) is 13.8 Å². The number of aromatic nitrogens is 3. The van der Waals surface area contributed by atoms with Crippen LogP contribution < -0.4 is 5.32 Å². The largest absolute Gasteiger partial charge is 0.416 e. The number of nitrogens with zero attached hydrogens (tertiary/aromatic N) is 2. The third kappa shape index (κ3) is 5.13. The number of nitrogens with one attached hydrogen (secondary N) is 2. The van der Waals surface area contributed by atoms with Crippen LogP contribution in [-0.2, 0) is 18.1 Å². The summed E-state index contributed by atoms with van der Waals surface area (Å²) in [6, 6.07) is 18.4. The van der Waals surface area contributed by atoms with Gasteiger partial charge in [0.15, 0.2) is 0 Å². The zero-order valence-corrected chi connectivity index (χ0v) is 19.7. The Balaban J connectivity index is 1.77. The zero-order valence-electron chi connectivity index (χ0n) is 19.0. The van der Waals surface area contributed by atoms with Crippen LogP contribution in [0.2, 0.25) is 5.02 Å². The van der Waals surface area contributed by atoms with E-state index in [1.165, 1.54) is 24.4 Å². The predicted molar refractivity (Wildman–Crippen MR) is 131 cm³/mol. The number of benzene rings is 3. The van der Waals surface area contributed by atoms with Crippen LogP contribution in [0.4, 0.5) is 27.9 Å². The molecule has 0 spiro atoms. The molecule has 5 rings (SSSR count). The molecule has 0 saturated heterocycles. The maximum absolute atomic E-state index is 14.7. The quantitative estimate of drug-likeness (QED) is 0.224. The first-order valence-electron chi connectivity index (χ1n) is 11.1. The predicted octanol–water partition coefficient (Wildman–Crippen LogP) is 7.51. The minimum atomic E-state index is -4.79.